The van der Waals surface area contributed by atoms with Crippen molar-refractivity contribution in [1.29, 1.82) is 0 Å². The van der Waals surface area contributed by atoms with E-state index in [4.69, 9.17) is 4.52 Å². The SMILES string of the molecule is COC(=O)CN(Cc1cc(C)no1)C(C)C. The predicted octanol–water partition coefficient (Wildman–Crippen LogP) is 1.37. The molecule has 90 valence electrons. The fourth-order valence-electron chi connectivity index (χ4n) is 1.34. The van der Waals surface area contributed by atoms with Crippen molar-refractivity contribution >= 4 is 5.97 Å². The summed E-state index contributed by atoms with van der Waals surface area (Å²) in [6.45, 7) is 6.73. The van der Waals surface area contributed by atoms with Crippen LogP contribution < -0.4 is 0 Å². The van der Waals surface area contributed by atoms with Gasteiger partial charge in [-0.15, -0.1) is 0 Å². The minimum atomic E-state index is -0.245. The van der Waals surface area contributed by atoms with E-state index in [1.165, 1.54) is 7.11 Å². The van der Waals surface area contributed by atoms with Gasteiger partial charge in [0, 0.05) is 12.1 Å². The van der Waals surface area contributed by atoms with Gasteiger partial charge in [-0.3, -0.25) is 9.69 Å². The zero-order valence-corrected chi connectivity index (χ0v) is 10.2. The molecule has 0 bridgehead atoms. The number of rotatable bonds is 5. The van der Waals surface area contributed by atoms with E-state index in [9.17, 15) is 4.79 Å². The lowest BCUT2D eigenvalue weighted by atomic mass is 10.3. The molecule has 0 atom stereocenters. The molecule has 1 aromatic rings. The number of aryl methyl sites for hydroxylation is 1. The van der Waals surface area contributed by atoms with E-state index < -0.39 is 0 Å². The molecule has 0 radical (unpaired) electrons. The molecule has 1 heterocycles. The first kappa shape index (κ1) is 12.7. The monoisotopic (exact) mass is 226 g/mol. The summed E-state index contributed by atoms with van der Waals surface area (Å²) in [5.41, 5.74) is 0.844. The Hall–Kier alpha value is -1.36. The molecule has 0 fully saturated rings. The molecule has 0 aliphatic carbocycles. The zero-order chi connectivity index (χ0) is 12.1. The molecular formula is C11H18N2O3. The predicted molar refractivity (Wildman–Crippen MR) is 58.8 cm³/mol. The van der Waals surface area contributed by atoms with Crippen molar-refractivity contribution in [3.8, 4) is 0 Å². The van der Waals surface area contributed by atoms with Gasteiger partial charge in [0.1, 0.15) is 0 Å². The van der Waals surface area contributed by atoms with E-state index in [0.29, 0.717) is 6.54 Å². The normalized spacial score (nSPS) is 11.1. The number of hydrogen-bond donors (Lipinski definition) is 0. The Morgan fingerprint density at radius 2 is 2.31 bits per heavy atom. The molecular weight excluding hydrogens is 208 g/mol. The minimum absolute atomic E-state index is 0.240. The second-order valence-electron chi connectivity index (χ2n) is 4.01. The van der Waals surface area contributed by atoms with Crippen molar-refractivity contribution in [2.45, 2.75) is 33.4 Å². The highest BCUT2D eigenvalue weighted by Crippen LogP contribution is 2.09. The van der Waals surface area contributed by atoms with Crippen LogP contribution in [0.25, 0.3) is 0 Å². The summed E-state index contributed by atoms with van der Waals surface area (Å²) in [6, 6.07) is 2.11. The highest BCUT2D eigenvalue weighted by atomic mass is 16.5. The van der Waals surface area contributed by atoms with Crippen LogP contribution in [-0.2, 0) is 16.1 Å². The van der Waals surface area contributed by atoms with Gasteiger partial charge in [-0.1, -0.05) is 5.16 Å². The van der Waals surface area contributed by atoms with Crippen LogP contribution in [-0.4, -0.2) is 35.7 Å². The third-order valence-electron chi connectivity index (χ3n) is 2.33. The Bertz CT molecular complexity index is 347. The van der Waals surface area contributed by atoms with Gasteiger partial charge in [0.15, 0.2) is 5.76 Å². The largest absolute Gasteiger partial charge is 0.468 e. The second kappa shape index (κ2) is 5.65. The molecule has 0 aliphatic heterocycles. The maximum Gasteiger partial charge on any atom is 0.319 e. The standard InChI is InChI=1S/C11H18N2O3/c1-8(2)13(7-11(14)15-4)6-10-5-9(3)12-16-10/h5,8H,6-7H2,1-4H3. The molecule has 16 heavy (non-hydrogen) atoms. The third-order valence-corrected chi connectivity index (χ3v) is 2.33. The summed E-state index contributed by atoms with van der Waals surface area (Å²) >= 11 is 0. The van der Waals surface area contributed by atoms with Crippen LogP contribution >= 0.6 is 0 Å². The van der Waals surface area contributed by atoms with Crippen LogP contribution in [0.2, 0.25) is 0 Å². The van der Waals surface area contributed by atoms with E-state index in [1.807, 2.05) is 31.7 Å². The maximum absolute atomic E-state index is 11.2. The lowest BCUT2D eigenvalue weighted by molar-refractivity contribution is -0.142. The van der Waals surface area contributed by atoms with Crippen LogP contribution in [0.4, 0.5) is 0 Å². The maximum atomic E-state index is 11.2. The summed E-state index contributed by atoms with van der Waals surface area (Å²) in [5.74, 6) is 0.514. The van der Waals surface area contributed by atoms with Crippen LogP contribution in [0.15, 0.2) is 10.6 Å². The van der Waals surface area contributed by atoms with E-state index in [-0.39, 0.29) is 18.6 Å². The summed E-state index contributed by atoms with van der Waals surface area (Å²) in [7, 11) is 1.39. The Morgan fingerprint density at radius 3 is 2.75 bits per heavy atom. The van der Waals surface area contributed by atoms with Gasteiger partial charge in [0.05, 0.1) is 25.9 Å². The second-order valence-corrected chi connectivity index (χ2v) is 4.01. The van der Waals surface area contributed by atoms with E-state index >= 15 is 0 Å². The number of carbonyl (C=O) groups excluding carboxylic acids is 1. The highest BCUT2D eigenvalue weighted by molar-refractivity contribution is 5.71. The topological polar surface area (TPSA) is 55.6 Å². The van der Waals surface area contributed by atoms with E-state index in [2.05, 4.69) is 9.89 Å². The minimum Gasteiger partial charge on any atom is -0.468 e. The molecule has 0 amide bonds. The van der Waals surface area contributed by atoms with Gasteiger partial charge in [-0.05, 0) is 20.8 Å². The molecule has 1 aromatic heterocycles. The number of methoxy groups -OCH3 is 1. The van der Waals surface area contributed by atoms with Gasteiger partial charge in [0.25, 0.3) is 0 Å². The Kier molecular flexibility index (Phi) is 4.49. The number of hydrogen-bond acceptors (Lipinski definition) is 5. The van der Waals surface area contributed by atoms with Crippen LogP contribution in [0, 0.1) is 6.92 Å². The molecule has 0 spiro atoms. The summed E-state index contributed by atoms with van der Waals surface area (Å²) in [5, 5.41) is 3.81. The number of nitrogens with zero attached hydrogens (tertiary/aromatic N) is 2. The number of esters is 1. The summed E-state index contributed by atoms with van der Waals surface area (Å²) in [6.07, 6.45) is 0. The number of carbonyl (C=O) groups is 1. The van der Waals surface area contributed by atoms with Crippen molar-refractivity contribution in [2.75, 3.05) is 13.7 Å². The lowest BCUT2D eigenvalue weighted by Crippen LogP contribution is -2.35. The molecule has 0 aromatic carbocycles. The molecule has 0 aliphatic rings. The highest BCUT2D eigenvalue weighted by Gasteiger charge is 2.16. The van der Waals surface area contributed by atoms with Crippen molar-refractivity contribution in [3.63, 3.8) is 0 Å². The molecule has 0 N–H and O–H groups in total. The first-order chi connectivity index (χ1) is 7.52. The quantitative estimate of drug-likeness (QED) is 0.710. The average Bonchev–Trinajstić information content (AvgIpc) is 2.62. The molecule has 0 saturated carbocycles. The molecule has 5 nitrogen and oxygen atoms in total. The number of ether oxygens (including phenoxy) is 1. The first-order valence-electron chi connectivity index (χ1n) is 5.26. The lowest BCUT2D eigenvalue weighted by Gasteiger charge is -2.23. The van der Waals surface area contributed by atoms with Crippen molar-refractivity contribution < 1.29 is 14.1 Å². The van der Waals surface area contributed by atoms with Crippen molar-refractivity contribution in [3.05, 3.63) is 17.5 Å². The van der Waals surface area contributed by atoms with E-state index in [0.717, 1.165) is 11.5 Å². The Morgan fingerprint density at radius 1 is 1.62 bits per heavy atom. The van der Waals surface area contributed by atoms with E-state index in [1.54, 1.807) is 0 Å². The molecule has 1 rings (SSSR count). The van der Waals surface area contributed by atoms with Gasteiger partial charge in [-0.25, -0.2) is 0 Å². The average molecular weight is 226 g/mol. The van der Waals surface area contributed by atoms with Crippen molar-refractivity contribution in [2.24, 2.45) is 0 Å². The number of aromatic nitrogens is 1. The Labute approximate surface area is 95.4 Å². The van der Waals surface area contributed by atoms with Gasteiger partial charge in [-0.2, -0.15) is 0 Å². The van der Waals surface area contributed by atoms with Gasteiger partial charge < -0.3 is 9.26 Å². The first-order valence-corrected chi connectivity index (χ1v) is 5.26. The molecule has 0 unspecified atom stereocenters. The molecule has 5 heteroatoms. The Balaban J connectivity index is 2.61. The summed E-state index contributed by atoms with van der Waals surface area (Å²) in [4.78, 5) is 13.2. The van der Waals surface area contributed by atoms with Gasteiger partial charge in [0.2, 0.25) is 0 Å². The summed E-state index contributed by atoms with van der Waals surface area (Å²) < 4.78 is 9.76. The fraction of sp³-hybridized carbons (Fsp3) is 0.636. The molecule has 0 saturated heterocycles. The van der Waals surface area contributed by atoms with Crippen LogP contribution in [0.1, 0.15) is 25.3 Å². The van der Waals surface area contributed by atoms with Crippen LogP contribution in [0.5, 0.6) is 0 Å². The van der Waals surface area contributed by atoms with Gasteiger partial charge >= 0.3 is 5.97 Å². The van der Waals surface area contributed by atoms with Crippen LogP contribution in [0.3, 0.4) is 0 Å². The fourth-order valence-corrected chi connectivity index (χ4v) is 1.34. The smallest absolute Gasteiger partial charge is 0.319 e. The third kappa shape index (κ3) is 3.66. The van der Waals surface area contributed by atoms with Crippen molar-refractivity contribution in [1.82, 2.24) is 10.1 Å². The zero-order valence-electron chi connectivity index (χ0n) is 10.2.